The normalized spacial score (nSPS) is 17.1. The standard InChI is InChI=1S/C22H36N6O3Si/c1-16(2)21(29)27-9-6-7-17(14-27)24-22(30)26-19-13-23-20-18(25-19)8-10-28(20)15-31-11-12-32(3,4)5/h8,10,13,16-17H,6-7,9,11-12,14-15H2,1-5H3,(H2,24,25,26,30). The van der Waals surface area contributed by atoms with Gasteiger partial charge in [0.2, 0.25) is 5.91 Å². The van der Waals surface area contributed by atoms with Crippen molar-refractivity contribution in [3.8, 4) is 0 Å². The van der Waals surface area contributed by atoms with E-state index in [0.29, 0.717) is 24.6 Å². The molecule has 1 aliphatic heterocycles. The van der Waals surface area contributed by atoms with Crippen molar-refractivity contribution in [2.75, 3.05) is 25.0 Å². The number of carbonyl (C=O) groups excluding carboxylic acids is 2. The number of carbonyl (C=O) groups is 2. The molecule has 0 spiro atoms. The van der Waals surface area contributed by atoms with Crippen molar-refractivity contribution in [2.24, 2.45) is 5.92 Å². The van der Waals surface area contributed by atoms with Gasteiger partial charge in [0.15, 0.2) is 11.5 Å². The van der Waals surface area contributed by atoms with Gasteiger partial charge in [-0.25, -0.2) is 14.8 Å². The van der Waals surface area contributed by atoms with Gasteiger partial charge in [-0.15, -0.1) is 0 Å². The molecule has 10 heteroatoms. The van der Waals surface area contributed by atoms with Crippen LogP contribution >= 0.6 is 0 Å². The summed E-state index contributed by atoms with van der Waals surface area (Å²) in [5.74, 6) is 0.475. The molecular formula is C22H36N6O3Si. The highest BCUT2D eigenvalue weighted by Crippen LogP contribution is 2.16. The highest BCUT2D eigenvalue weighted by atomic mass is 28.3. The number of nitrogens with zero attached hydrogens (tertiary/aromatic N) is 4. The third-order valence-electron chi connectivity index (χ3n) is 5.49. The van der Waals surface area contributed by atoms with Crippen LogP contribution < -0.4 is 10.6 Å². The zero-order chi connectivity index (χ0) is 23.3. The molecule has 9 nitrogen and oxygen atoms in total. The van der Waals surface area contributed by atoms with Crippen molar-refractivity contribution in [2.45, 2.75) is 65.1 Å². The molecule has 1 saturated heterocycles. The van der Waals surface area contributed by atoms with E-state index in [-0.39, 0.29) is 23.9 Å². The molecule has 0 aliphatic carbocycles. The van der Waals surface area contributed by atoms with Crippen LogP contribution in [0.25, 0.3) is 11.2 Å². The highest BCUT2D eigenvalue weighted by Gasteiger charge is 2.26. The molecule has 1 unspecified atom stereocenters. The van der Waals surface area contributed by atoms with E-state index in [1.165, 1.54) is 0 Å². The summed E-state index contributed by atoms with van der Waals surface area (Å²) in [4.78, 5) is 35.5. The lowest BCUT2D eigenvalue weighted by molar-refractivity contribution is -0.135. The van der Waals surface area contributed by atoms with E-state index >= 15 is 0 Å². The van der Waals surface area contributed by atoms with Crippen LogP contribution in [0.5, 0.6) is 0 Å². The highest BCUT2D eigenvalue weighted by molar-refractivity contribution is 6.76. The summed E-state index contributed by atoms with van der Waals surface area (Å²) in [6.45, 7) is 13.2. The van der Waals surface area contributed by atoms with Gasteiger partial charge < -0.3 is 19.5 Å². The molecule has 2 aromatic rings. The fourth-order valence-corrected chi connectivity index (χ4v) is 4.42. The second-order valence-corrected chi connectivity index (χ2v) is 15.6. The molecule has 2 N–H and O–H groups in total. The smallest absolute Gasteiger partial charge is 0.320 e. The predicted octanol–water partition coefficient (Wildman–Crippen LogP) is 3.51. The Labute approximate surface area is 190 Å². The first-order chi connectivity index (χ1) is 15.1. The SMILES string of the molecule is CC(C)C(=O)N1CCCC(NC(=O)Nc2cnc3c(ccn3COCC[Si](C)(C)C)n2)C1. The maximum Gasteiger partial charge on any atom is 0.320 e. The van der Waals surface area contributed by atoms with Crippen LogP contribution in [0, 0.1) is 5.92 Å². The Morgan fingerprint density at radius 2 is 2.09 bits per heavy atom. The summed E-state index contributed by atoms with van der Waals surface area (Å²) in [7, 11) is -1.12. The van der Waals surface area contributed by atoms with Crippen LogP contribution in [-0.4, -0.2) is 65.2 Å². The summed E-state index contributed by atoms with van der Waals surface area (Å²) in [5.41, 5.74) is 1.42. The minimum absolute atomic E-state index is 0.0392. The molecule has 1 atom stereocenters. The number of rotatable bonds is 8. The van der Waals surface area contributed by atoms with Crippen molar-refractivity contribution in [3.63, 3.8) is 0 Å². The number of ether oxygens (including phenoxy) is 1. The molecule has 2 aromatic heterocycles. The van der Waals surface area contributed by atoms with E-state index in [4.69, 9.17) is 4.74 Å². The Bertz CT molecular complexity index is 939. The minimum atomic E-state index is -1.12. The van der Waals surface area contributed by atoms with Crippen molar-refractivity contribution >= 4 is 37.0 Å². The Morgan fingerprint density at radius 1 is 1.31 bits per heavy atom. The first-order valence-corrected chi connectivity index (χ1v) is 15.1. The first-order valence-electron chi connectivity index (χ1n) is 11.4. The van der Waals surface area contributed by atoms with Gasteiger partial charge in [0.25, 0.3) is 0 Å². The van der Waals surface area contributed by atoms with Gasteiger partial charge in [-0.3, -0.25) is 10.1 Å². The number of amides is 3. The average molecular weight is 461 g/mol. The number of hydrogen-bond acceptors (Lipinski definition) is 5. The van der Waals surface area contributed by atoms with Crippen LogP contribution in [-0.2, 0) is 16.3 Å². The van der Waals surface area contributed by atoms with Crippen molar-refractivity contribution < 1.29 is 14.3 Å². The zero-order valence-electron chi connectivity index (χ0n) is 19.9. The van der Waals surface area contributed by atoms with Crippen LogP contribution in [0.15, 0.2) is 18.5 Å². The molecular weight excluding hydrogens is 424 g/mol. The molecule has 3 heterocycles. The molecule has 32 heavy (non-hydrogen) atoms. The van der Waals surface area contributed by atoms with Crippen LogP contribution in [0.4, 0.5) is 10.6 Å². The lowest BCUT2D eigenvalue weighted by atomic mass is 10.0. The van der Waals surface area contributed by atoms with Crippen LogP contribution in [0.1, 0.15) is 26.7 Å². The van der Waals surface area contributed by atoms with E-state index < -0.39 is 8.07 Å². The molecule has 3 amide bonds. The van der Waals surface area contributed by atoms with Gasteiger partial charge in [0.1, 0.15) is 12.2 Å². The van der Waals surface area contributed by atoms with Crippen molar-refractivity contribution in [1.82, 2.24) is 24.8 Å². The van der Waals surface area contributed by atoms with E-state index in [1.54, 1.807) is 6.20 Å². The van der Waals surface area contributed by atoms with Gasteiger partial charge in [-0.2, -0.15) is 0 Å². The number of aromatic nitrogens is 3. The quantitative estimate of drug-likeness (QED) is 0.464. The number of hydrogen-bond donors (Lipinski definition) is 2. The Morgan fingerprint density at radius 3 is 2.81 bits per heavy atom. The third-order valence-corrected chi connectivity index (χ3v) is 7.20. The molecule has 0 bridgehead atoms. The second-order valence-electron chi connectivity index (χ2n) is 9.97. The zero-order valence-corrected chi connectivity index (χ0v) is 20.9. The summed E-state index contributed by atoms with van der Waals surface area (Å²) in [6.07, 6.45) is 5.17. The Hall–Kier alpha value is -2.46. The molecule has 0 radical (unpaired) electrons. The monoisotopic (exact) mass is 460 g/mol. The van der Waals surface area contributed by atoms with Gasteiger partial charge in [-0.1, -0.05) is 33.5 Å². The molecule has 3 rings (SSSR count). The molecule has 1 fully saturated rings. The van der Waals surface area contributed by atoms with Gasteiger partial charge in [0.05, 0.1) is 6.20 Å². The number of piperidine rings is 1. The summed E-state index contributed by atoms with van der Waals surface area (Å²) in [6, 6.07) is 2.57. The number of urea groups is 1. The lowest BCUT2D eigenvalue weighted by Gasteiger charge is -2.34. The Balaban J connectivity index is 1.52. The lowest BCUT2D eigenvalue weighted by Crippen LogP contribution is -2.51. The van der Waals surface area contributed by atoms with Crippen LogP contribution in [0.3, 0.4) is 0 Å². The van der Waals surface area contributed by atoms with E-state index in [1.807, 2.05) is 35.6 Å². The summed E-state index contributed by atoms with van der Waals surface area (Å²) < 4.78 is 7.72. The van der Waals surface area contributed by atoms with Crippen molar-refractivity contribution in [3.05, 3.63) is 18.5 Å². The molecule has 1 aliphatic rings. The van der Waals surface area contributed by atoms with Gasteiger partial charge in [-0.05, 0) is 25.0 Å². The fourth-order valence-electron chi connectivity index (χ4n) is 3.67. The molecule has 176 valence electrons. The Kier molecular flexibility index (Phi) is 7.89. The number of nitrogens with one attached hydrogen (secondary N) is 2. The maximum absolute atomic E-state index is 12.5. The number of likely N-dealkylation sites (tertiary alicyclic amines) is 1. The maximum atomic E-state index is 12.5. The summed E-state index contributed by atoms with van der Waals surface area (Å²) >= 11 is 0. The number of fused-ring (bicyclic) bond motifs is 1. The largest absolute Gasteiger partial charge is 0.361 e. The molecule has 0 saturated carbocycles. The fraction of sp³-hybridized carbons (Fsp3) is 0.636. The first kappa shape index (κ1) is 24.2. The van der Waals surface area contributed by atoms with Gasteiger partial charge in [0, 0.05) is 45.9 Å². The van der Waals surface area contributed by atoms with E-state index in [0.717, 1.165) is 37.7 Å². The topological polar surface area (TPSA) is 101 Å². The van der Waals surface area contributed by atoms with Gasteiger partial charge >= 0.3 is 6.03 Å². The van der Waals surface area contributed by atoms with E-state index in [9.17, 15) is 9.59 Å². The van der Waals surface area contributed by atoms with Crippen molar-refractivity contribution in [1.29, 1.82) is 0 Å². The molecule has 0 aromatic carbocycles. The summed E-state index contributed by atoms with van der Waals surface area (Å²) in [5, 5.41) is 5.72. The third kappa shape index (κ3) is 6.77. The average Bonchev–Trinajstić information content (AvgIpc) is 3.12. The predicted molar refractivity (Wildman–Crippen MR) is 128 cm³/mol. The minimum Gasteiger partial charge on any atom is -0.361 e. The second kappa shape index (κ2) is 10.4. The van der Waals surface area contributed by atoms with E-state index in [2.05, 4.69) is 40.2 Å². The number of anilines is 1. The van der Waals surface area contributed by atoms with Crippen LogP contribution in [0.2, 0.25) is 25.7 Å².